The Morgan fingerprint density at radius 3 is 0.924 bits per heavy atom. The van der Waals surface area contributed by atoms with Gasteiger partial charge >= 0.3 is 17.9 Å². The molecule has 0 saturated heterocycles. The first kappa shape index (κ1) is 62.1. The lowest BCUT2D eigenvalue weighted by Gasteiger charge is -2.18. The third-order valence-electron chi connectivity index (χ3n) is 11.0. The van der Waals surface area contributed by atoms with Crippen molar-refractivity contribution in [3.05, 3.63) is 109 Å². The molecule has 0 fully saturated rings. The van der Waals surface area contributed by atoms with E-state index in [1.807, 2.05) is 0 Å². The van der Waals surface area contributed by atoms with Crippen LogP contribution in [0.5, 0.6) is 0 Å². The van der Waals surface area contributed by atoms with Crippen LogP contribution in [0.3, 0.4) is 0 Å². The normalized spacial score (nSPS) is 13.0. The molecule has 0 aromatic heterocycles. The summed E-state index contributed by atoms with van der Waals surface area (Å²) in [5, 5.41) is 0. The van der Waals surface area contributed by atoms with E-state index in [1.54, 1.807) is 0 Å². The molecule has 0 aliphatic carbocycles. The lowest BCUT2D eigenvalue weighted by atomic mass is 10.1. The molecule has 0 heterocycles. The molecule has 6 heteroatoms. The first-order chi connectivity index (χ1) is 32.5. The lowest BCUT2D eigenvalue weighted by Crippen LogP contribution is -2.30. The van der Waals surface area contributed by atoms with Gasteiger partial charge in [0, 0.05) is 19.3 Å². The Bertz CT molecular complexity index is 1370. The summed E-state index contributed by atoms with van der Waals surface area (Å²) in [6.45, 7) is 6.34. The van der Waals surface area contributed by atoms with Crippen molar-refractivity contribution < 1.29 is 28.6 Å². The smallest absolute Gasteiger partial charge is 0.306 e. The van der Waals surface area contributed by atoms with Crippen molar-refractivity contribution in [3.63, 3.8) is 0 Å². The number of ether oxygens (including phenoxy) is 3. The van der Waals surface area contributed by atoms with Gasteiger partial charge in [0.1, 0.15) is 13.2 Å². The van der Waals surface area contributed by atoms with E-state index < -0.39 is 6.10 Å². The molecular weight excluding hydrogens is 817 g/mol. The molecule has 0 aliphatic rings. The van der Waals surface area contributed by atoms with Crippen LogP contribution in [0.4, 0.5) is 0 Å². The van der Waals surface area contributed by atoms with Crippen LogP contribution in [0.25, 0.3) is 0 Å². The monoisotopic (exact) mass is 915 g/mol. The highest BCUT2D eigenvalue weighted by molar-refractivity contribution is 5.71. The topological polar surface area (TPSA) is 78.9 Å². The van der Waals surface area contributed by atoms with Crippen molar-refractivity contribution in [3.8, 4) is 0 Å². The summed E-state index contributed by atoms with van der Waals surface area (Å²) in [5.41, 5.74) is 0. The van der Waals surface area contributed by atoms with Crippen molar-refractivity contribution in [2.45, 2.75) is 239 Å². The molecule has 0 bridgehead atoms. The largest absolute Gasteiger partial charge is 0.462 e. The van der Waals surface area contributed by atoms with Gasteiger partial charge in [-0.3, -0.25) is 14.4 Å². The standard InChI is InChI=1S/C60H98O6/c1-4-7-10-13-16-19-22-25-28-30-33-35-38-41-44-47-50-53-59(62)65-56-57(55-64-58(61)52-49-46-43-40-37-34-31-27-24-21-18-15-12-9-6-3)66-60(63)54-51-48-45-42-39-36-32-29-26-23-20-17-14-11-8-5-2/h7,9-10,12,16,18-21,23,25,27-29,31-33,35,57H,4-6,8,11,13-15,17,22,24,26,30,34,36-56H2,1-3H3/b10-7-,12-9-,19-16-,21-18-,23-20-,28-25-,31-27-,32-29-,35-33-. The van der Waals surface area contributed by atoms with Crippen LogP contribution in [-0.4, -0.2) is 37.2 Å². The minimum absolute atomic E-state index is 0.103. The summed E-state index contributed by atoms with van der Waals surface area (Å²) in [5.74, 6) is -0.959. The molecule has 1 atom stereocenters. The van der Waals surface area contributed by atoms with Gasteiger partial charge in [-0.2, -0.15) is 0 Å². The molecule has 0 aromatic carbocycles. The molecule has 0 amide bonds. The Morgan fingerprint density at radius 2 is 0.591 bits per heavy atom. The van der Waals surface area contributed by atoms with E-state index >= 15 is 0 Å². The van der Waals surface area contributed by atoms with Gasteiger partial charge in [-0.05, 0) is 122 Å². The van der Waals surface area contributed by atoms with Gasteiger partial charge in [-0.1, -0.05) is 201 Å². The third-order valence-corrected chi connectivity index (χ3v) is 11.0. The van der Waals surface area contributed by atoms with Crippen molar-refractivity contribution in [2.75, 3.05) is 13.2 Å². The van der Waals surface area contributed by atoms with E-state index in [4.69, 9.17) is 14.2 Å². The number of carbonyl (C=O) groups is 3. The SMILES string of the molecule is CC/C=C\C/C=C\C/C=C\C/C=C\CCCCCCC(=O)OCC(COC(=O)CCCCCCC/C=C\C/C=C\C/C=C\CC)OC(=O)CCCCCCC/C=C\C/C=C\CCCCCC. The van der Waals surface area contributed by atoms with Crippen LogP contribution in [0.2, 0.25) is 0 Å². The summed E-state index contributed by atoms with van der Waals surface area (Å²) in [7, 11) is 0. The second-order valence-electron chi connectivity index (χ2n) is 17.4. The Kier molecular flexibility index (Phi) is 50.5. The zero-order valence-corrected chi connectivity index (χ0v) is 42.7. The van der Waals surface area contributed by atoms with Crippen molar-refractivity contribution in [1.82, 2.24) is 0 Å². The molecule has 0 saturated carbocycles. The summed E-state index contributed by atoms with van der Waals surface area (Å²) in [4.78, 5) is 38.1. The minimum atomic E-state index is -0.805. The van der Waals surface area contributed by atoms with Crippen LogP contribution in [0.1, 0.15) is 233 Å². The number of allylic oxidation sites excluding steroid dienone is 18. The predicted octanol–water partition coefficient (Wildman–Crippen LogP) is 17.9. The van der Waals surface area contributed by atoms with Crippen molar-refractivity contribution in [2.24, 2.45) is 0 Å². The van der Waals surface area contributed by atoms with E-state index in [0.717, 1.165) is 161 Å². The predicted molar refractivity (Wildman–Crippen MR) is 283 cm³/mol. The zero-order valence-electron chi connectivity index (χ0n) is 42.7. The maximum atomic E-state index is 12.8. The van der Waals surface area contributed by atoms with Crippen molar-refractivity contribution in [1.29, 1.82) is 0 Å². The maximum Gasteiger partial charge on any atom is 0.306 e. The highest BCUT2D eigenvalue weighted by Gasteiger charge is 2.19. The Hall–Kier alpha value is -3.93. The van der Waals surface area contributed by atoms with E-state index in [-0.39, 0.29) is 31.1 Å². The average molecular weight is 915 g/mol. The van der Waals surface area contributed by atoms with Crippen LogP contribution in [-0.2, 0) is 28.6 Å². The fourth-order valence-electron chi connectivity index (χ4n) is 7.01. The van der Waals surface area contributed by atoms with Gasteiger partial charge in [0.05, 0.1) is 0 Å². The summed E-state index contributed by atoms with van der Waals surface area (Å²) >= 11 is 0. The van der Waals surface area contributed by atoms with Gasteiger partial charge in [-0.25, -0.2) is 0 Å². The van der Waals surface area contributed by atoms with Crippen LogP contribution >= 0.6 is 0 Å². The molecule has 0 N–H and O–H groups in total. The van der Waals surface area contributed by atoms with E-state index in [9.17, 15) is 14.4 Å². The van der Waals surface area contributed by atoms with E-state index in [1.165, 1.54) is 32.1 Å². The molecule has 0 radical (unpaired) electrons. The first-order valence-electron chi connectivity index (χ1n) is 26.9. The molecule has 66 heavy (non-hydrogen) atoms. The molecule has 0 spiro atoms. The van der Waals surface area contributed by atoms with Gasteiger partial charge in [0.25, 0.3) is 0 Å². The van der Waals surface area contributed by atoms with Crippen LogP contribution in [0, 0.1) is 0 Å². The van der Waals surface area contributed by atoms with Crippen LogP contribution in [0.15, 0.2) is 109 Å². The minimum Gasteiger partial charge on any atom is -0.462 e. The Labute approximate surface area is 406 Å². The molecule has 6 nitrogen and oxygen atoms in total. The molecule has 0 aromatic rings. The maximum absolute atomic E-state index is 12.8. The van der Waals surface area contributed by atoms with Gasteiger partial charge in [0.2, 0.25) is 0 Å². The quantitative estimate of drug-likeness (QED) is 0.0262. The Balaban J connectivity index is 4.50. The van der Waals surface area contributed by atoms with Crippen molar-refractivity contribution >= 4 is 17.9 Å². The van der Waals surface area contributed by atoms with Gasteiger partial charge in [0.15, 0.2) is 6.10 Å². The fourth-order valence-corrected chi connectivity index (χ4v) is 7.01. The second kappa shape index (κ2) is 53.7. The summed E-state index contributed by atoms with van der Waals surface area (Å²) < 4.78 is 16.8. The molecule has 0 aliphatic heterocycles. The van der Waals surface area contributed by atoms with Gasteiger partial charge < -0.3 is 14.2 Å². The fraction of sp³-hybridized carbons (Fsp3) is 0.650. The van der Waals surface area contributed by atoms with E-state index in [0.29, 0.717) is 19.3 Å². The number of rotatable bonds is 47. The highest BCUT2D eigenvalue weighted by atomic mass is 16.6. The van der Waals surface area contributed by atoms with E-state index in [2.05, 4.69) is 130 Å². The molecular formula is C60H98O6. The average Bonchev–Trinajstić information content (AvgIpc) is 3.31. The second-order valence-corrected chi connectivity index (χ2v) is 17.4. The first-order valence-corrected chi connectivity index (χ1v) is 26.9. The number of esters is 3. The summed E-state index contributed by atoms with van der Waals surface area (Å²) in [6, 6.07) is 0. The number of unbranched alkanes of at least 4 members (excludes halogenated alkanes) is 18. The molecule has 1 unspecified atom stereocenters. The van der Waals surface area contributed by atoms with Crippen LogP contribution < -0.4 is 0 Å². The number of carbonyl (C=O) groups excluding carboxylic acids is 3. The number of hydrogen-bond acceptors (Lipinski definition) is 6. The summed E-state index contributed by atoms with van der Waals surface area (Å²) in [6.07, 6.45) is 72.1. The Morgan fingerprint density at radius 1 is 0.318 bits per heavy atom. The zero-order chi connectivity index (χ0) is 47.9. The lowest BCUT2D eigenvalue weighted by molar-refractivity contribution is -0.167. The molecule has 374 valence electrons. The number of hydrogen-bond donors (Lipinski definition) is 0. The highest BCUT2D eigenvalue weighted by Crippen LogP contribution is 2.13. The molecule has 0 rings (SSSR count). The van der Waals surface area contributed by atoms with Gasteiger partial charge in [-0.15, -0.1) is 0 Å². The third kappa shape index (κ3) is 51.1.